The molecule has 29 heavy (non-hydrogen) atoms. The Labute approximate surface area is 177 Å². The molecule has 1 N–H and O–H groups in total. The number of carboxylic acids is 1. The lowest BCUT2D eigenvalue weighted by Crippen LogP contribution is -2.28. The van der Waals surface area contributed by atoms with Crippen LogP contribution < -0.4 is 0 Å². The molecule has 2 aromatic heterocycles. The number of pyridine rings is 1. The van der Waals surface area contributed by atoms with E-state index in [9.17, 15) is 9.90 Å². The summed E-state index contributed by atoms with van der Waals surface area (Å²) in [5.41, 5.74) is 3.60. The SMILES string of the molecule is Cc1sc(-c2ccccn2)c(C2=CCC(C)(C)CC2)c1[C@H](OC(C)(C)C)C(=O)O. The normalized spacial score (nSPS) is 17.7. The molecule has 2 aromatic rings. The van der Waals surface area contributed by atoms with E-state index in [4.69, 9.17) is 4.74 Å². The summed E-state index contributed by atoms with van der Waals surface area (Å²) >= 11 is 1.61. The molecule has 0 saturated heterocycles. The fourth-order valence-corrected chi connectivity index (χ4v) is 4.95. The quantitative estimate of drug-likeness (QED) is 0.596. The van der Waals surface area contributed by atoms with Gasteiger partial charge in [0.2, 0.25) is 0 Å². The summed E-state index contributed by atoms with van der Waals surface area (Å²) in [4.78, 5) is 18.8. The molecule has 2 heterocycles. The van der Waals surface area contributed by atoms with Crippen LogP contribution in [0.5, 0.6) is 0 Å². The van der Waals surface area contributed by atoms with Crippen molar-refractivity contribution < 1.29 is 14.6 Å². The van der Waals surface area contributed by atoms with Gasteiger partial charge in [0.05, 0.1) is 16.2 Å². The third-order valence-electron chi connectivity index (χ3n) is 5.28. The van der Waals surface area contributed by atoms with Crippen molar-refractivity contribution >= 4 is 22.9 Å². The van der Waals surface area contributed by atoms with Crippen LogP contribution in [-0.2, 0) is 9.53 Å². The van der Waals surface area contributed by atoms with Crippen LogP contribution in [0.4, 0.5) is 0 Å². The standard InChI is InChI=1S/C24H31NO3S/c1-15-18(20(22(26)27)28-23(2,3)4)19(16-10-12-24(5,6)13-11-16)21(29-15)17-9-7-8-14-25-17/h7-10,14,20H,11-13H2,1-6H3,(H,26,27)/t20-/m0/s1. The Balaban J connectivity index is 2.22. The van der Waals surface area contributed by atoms with Crippen molar-refractivity contribution in [2.75, 3.05) is 0 Å². The molecular formula is C24H31NO3S. The first-order chi connectivity index (χ1) is 13.5. The molecule has 0 saturated carbocycles. The Bertz CT molecular complexity index is 920. The fourth-order valence-electron chi connectivity index (χ4n) is 3.76. The molecule has 1 aliphatic carbocycles. The molecule has 0 bridgehead atoms. The van der Waals surface area contributed by atoms with Gasteiger partial charge in [0, 0.05) is 22.2 Å². The predicted octanol–water partition coefficient (Wildman–Crippen LogP) is 6.65. The number of aryl methyl sites for hydroxylation is 1. The Morgan fingerprint density at radius 3 is 2.55 bits per heavy atom. The van der Waals surface area contributed by atoms with Gasteiger partial charge in [-0.15, -0.1) is 11.3 Å². The van der Waals surface area contributed by atoms with Gasteiger partial charge in [-0.2, -0.15) is 0 Å². The average molecular weight is 414 g/mol. The van der Waals surface area contributed by atoms with Crippen LogP contribution in [0.1, 0.15) is 76.0 Å². The third-order valence-corrected chi connectivity index (χ3v) is 6.42. The Morgan fingerprint density at radius 1 is 1.31 bits per heavy atom. The number of aromatic nitrogens is 1. The van der Waals surface area contributed by atoms with E-state index < -0.39 is 17.7 Å². The molecule has 0 unspecified atom stereocenters. The van der Waals surface area contributed by atoms with Crippen molar-refractivity contribution in [1.82, 2.24) is 4.98 Å². The molecular weight excluding hydrogens is 382 g/mol. The largest absolute Gasteiger partial charge is 0.479 e. The summed E-state index contributed by atoms with van der Waals surface area (Å²) in [7, 11) is 0. The van der Waals surface area contributed by atoms with Gasteiger partial charge in [-0.1, -0.05) is 26.0 Å². The van der Waals surface area contributed by atoms with Crippen molar-refractivity contribution in [3.63, 3.8) is 0 Å². The second kappa shape index (κ2) is 8.04. The summed E-state index contributed by atoms with van der Waals surface area (Å²) in [6, 6.07) is 5.86. The Morgan fingerprint density at radius 2 is 2.03 bits per heavy atom. The molecule has 4 nitrogen and oxygen atoms in total. The zero-order chi connectivity index (χ0) is 21.4. The lowest BCUT2D eigenvalue weighted by Gasteiger charge is -2.30. The first-order valence-corrected chi connectivity index (χ1v) is 10.9. The predicted molar refractivity (Wildman–Crippen MR) is 119 cm³/mol. The van der Waals surface area contributed by atoms with Gasteiger partial charge < -0.3 is 9.84 Å². The minimum atomic E-state index is -1.01. The number of allylic oxidation sites excluding steroid dienone is 2. The molecule has 3 rings (SSSR count). The van der Waals surface area contributed by atoms with Gasteiger partial charge >= 0.3 is 5.97 Å². The van der Waals surface area contributed by atoms with Crippen LogP contribution in [0, 0.1) is 12.3 Å². The summed E-state index contributed by atoms with van der Waals surface area (Å²) in [5, 5.41) is 10.0. The highest BCUT2D eigenvalue weighted by Gasteiger charge is 2.35. The highest BCUT2D eigenvalue weighted by molar-refractivity contribution is 7.16. The number of hydrogen-bond donors (Lipinski definition) is 1. The lowest BCUT2D eigenvalue weighted by molar-refractivity contribution is -0.160. The van der Waals surface area contributed by atoms with Crippen LogP contribution in [0.2, 0.25) is 0 Å². The molecule has 1 atom stereocenters. The second-order valence-corrected chi connectivity index (χ2v) is 10.8. The molecule has 5 heteroatoms. The minimum Gasteiger partial charge on any atom is -0.479 e. The van der Waals surface area contributed by atoms with Gasteiger partial charge in [-0.05, 0) is 70.1 Å². The van der Waals surface area contributed by atoms with E-state index in [0.717, 1.165) is 45.8 Å². The molecule has 0 fully saturated rings. The molecule has 0 aliphatic heterocycles. The second-order valence-electron chi connectivity index (χ2n) is 9.54. The van der Waals surface area contributed by atoms with Crippen LogP contribution in [0.15, 0.2) is 30.5 Å². The zero-order valence-corrected chi connectivity index (χ0v) is 19.0. The van der Waals surface area contributed by atoms with E-state index in [2.05, 4.69) is 24.9 Å². The number of thiophene rings is 1. The third kappa shape index (κ3) is 4.96. The van der Waals surface area contributed by atoms with Gasteiger partial charge in [0.1, 0.15) is 0 Å². The summed E-state index contributed by atoms with van der Waals surface area (Å²) in [5.74, 6) is -0.952. The number of carbonyl (C=O) groups is 1. The maximum Gasteiger partial charge on any atom is 0.337 e. The molecule has 0 radical (unpaired) electrons. The van der Waals surface area contributed by atoms with Crippen LogP contribution in [0.3, 0.4) is 0 Å². The monoisotopic (exact) mass is 413 g/mol. The lowest BCUT2D eigenvalue weighted by atomic mass is 9.76. The Kier molecular flexibility index (Phi) is 6.02. The number of carboxylic acid groups (broad SMARTS) is 1. The van der Waals surface area contributed by atoms with E-state index in [1.807, 2.05) is 45.9 Å². The average Bonchev–Trinajstić information content (AvgIpc) is 2.96. The van der Waals surface area contributed by atoms with Crippen LogP contribution in [0.25, 0.3) is 16.1 Å². The van der Waals surface area contributed by atoms with E-state index in [1.54, 1.807) is 17.5 Å². The molecule has 1 aliphatic rings. The highest BCUT2D eigenvalue weighted by Crippen LogP contribution is 2.48. The highest BCUT2D eigenvalue weighted by atomic mass is 32.1. The van der Waals surface area contributed by atoms with Crippen molar-refractivity contribution in [1.29, 1.82) is 0 Å². The van der Waals surface area contributed by atoms with Crippen molar-refractivity contribution in [3.05, 3.63) is 46.5 Å². The maximum absolute atomic E-state index is 12.3. The fraction of sp³-hybridized carbons (Fsp3) is 0.500. The van der Waals surface area contributed by atoms with Gasteiger partial charge in [-0.25, -0.2) is 4.79 Å². The van der Waals surface area contributed by atoms with E-state index in [1.165, 1.54) is 5.57 Å². The molecule has 156 valence electrons. The molecule has 0 spiro atoms. The molecule has 0 aromatic carbocycles. The van der Waals surface area contributed by atoms with Gasteiger partial charge in [0.15, 0.2) is 6.10 Å². The minimum absolute atomic E-state index is 0.272. The Hall–Kier alpha value is -1.98. The number of rotatable bonds is 5. The van der Waals surface area contributed by atoms with E-state index in [-0.39, 0.29) is 5.41 Å². The first kappa shape index (κ1) is 21.7. The van der Waals surface area contributed by atoms with Crippen LogP contribution in [-0.4, -0.2) is 21.7 Å². The smallest absolute Gasteiger partial charge is 0.337 e. The van der Waals surface area contributed by atoms with Crippen molar-refractivity contribution in [2.24, 2.45) is 5.41 Å². The number of aliphatic carboxylic acids is 1. The maximum atomic E-state index is 12.3. The van der Waals surface area contributed by atoms with Crippen LogP contribution >= 0.6 is 11.3 Å². The number of hydrogen-bond acceptors (Lipinski definition) is 4. The molecule has 0 amide bonds. The van der Waals surface area contributed by atoms with Crippen molar-refractivity contribution in [3.8, 4) is 10.6 Å². The first-order valence-electron chi connectivity index (χ1n) is 10.1. The number of nitrogens with zero attached hydrogens (tertiary/aromatic N) is 1. The van der Waals surface area contributed by atoms with Crippen molar-refractivity contribution in [2.45, 2.75) is 72.5 Å². The number of ether oxygens (including phenoxy) is 1. The van der Waals surface area contributed by atoms with E-state index >= 15 is 0 Å². The summed E-state index contributed by atoms with van der Waals surface area (Å²) in [6.45, 7) is 12.2. The summed E-state index contributed by atoms with van der Waals surface area (Å²) in [6.07, 6.45) is 6.05. The van der Waals surface area contributed by atoms with Gasteiger partial charge in [0.25, 0.3) is 0 Å². The topological polar surface area (TPSA) is 59.4 Å². The van der Waals surface area contributed by atoms with Gasteiger partial charge in [-0.3, -0.25) is 4.98 Å². The summed E-state index contributed by atoms with van der Waals surface area (Å²) < 4.78 is 6.05. The van der Waals surface area contributed by atoms with E-state index in [0.29, 0.717) is 0 Å². The zero-order valence-electron chi connectivity index (χ0n) is 18.2.